The monoisotopic (exact) mass is 357 g/mol. The van der Waals surface area contributed by atoms with E-state index in [2.05, 4.69) is 54.6 Å². The van der Waals surface area contributed by atoms with Crippen molar-refractivity contribution in [2.75, 3.05) is 12.4 Å². The molecule has 0 fully saturated rings. The zero-order valence-electron chi connectivity index (χ0n) is 14.9. The summed E-state index contributed by atoms with van der Waals surface area (Å²) in [6.45, 7) is 6.25. The lowest BCUT2D eigenvalue weighted by Crippen LogP contribution is -2.42. The Bertz CT molecular complexity index is 775. The minimum atomic E-state index is -0.254. The molecule has 1 aliphatic rings. The number of fused-ring (bicyclic) bond motifs is 1. The van der Waals surface area contributed by atoms with Gasteiger partial charge in [0, 0.05) is 18.1 Å². The zero-order chi connectivity index (χ0) is 18.0. The first-order chi connectivity index (χ1) is 11.9. The maximum absolute atomic E-state index is 6.13. The lowest BCUT2D eigenvalue weighted by atomic mass is 9.89. The minimum Gasteiger partial charge on any atom is -0.487 e. The smallest absolute Gasteiger partial charge is 0.213 e. The summed E-state index contributed by atoms with van der Waals surface area (Å²) >= 11 is 5.49. The van der Waals surface area contributed by atoms with Gasteiger partial charge in [-0.1, -0.05) is 12.1 Å². The molecule has 3 rings (SSSR count). The van der Waals surface area contributed by atoms with Crippen LogP contribution in [0.5, 0.6) is 11.6 Å². The number of hydrogen-bond acceptors (Lipinski definition) is 4. The molecule has 0 saturated carbocycles. The fraction of sp³-hybridized carbons (Fsp3) is 0.368. The molecule has 0 aliphatic carbocycles. The number of nitrogens with one attached hydrogen (secondary N) is 2. The predicted molar refractivity (Wildman–Crippen MR) is 103 cm³/mol. The molecule has 0 spiro atoms. The lowest BCUT2D eigenvalue weighted by Gasteiger charge is -2.38. The quantitative estimate of drug-likeness (QED) is 0.810. The summed E-state index contributed by atoms with van der Waals surface area (Å²) in [5.74, 6) is 1.49. The second-order valence-corrected chi connectivity index (χ2v) is 7.26. The van der Waals surface area contributed by atoms with Crippen LogP contribution in [0.1, 0.15) is 37.4 Å². The van der Waals surface area contributed by atoms with Gasteiger partial charge in [0.15, 0.2) is 5.11 Å². The SMILES string of the molecule is COc1ccc(NC(=S)NC2CC(C)(C)Oc3cc(C)ccc32)cn1. The van der Waals surface area contributed by atoms with Gasteiger partial charge in [-0.2, -0.15) is 0 Å². The van der Waals surface area contributed by atoms with Crippen LogP contribution in [0.25, 0.3) is 0 Å². The van der Waals surface area contributed by atoms with E-state index in [1.807, 2.05) is 6.07 Å². The molecule has 1 atom stereocenters. The van der Waals surface area contributed by atoms with E-state index in [1.165, 1.54) is 5.56 Å². The molecule has 25 heavy (non-hydrogen) atoms. The number of aromatic nitrogens is 1. The summed E-state index contributed by atoms with van der Waals surface area (Å²) in [7, 11) is 1.59. The van der Waals surface area contributed by atoms with Gasteiger partial charge in [0.2, 0.25) is 5.88 Å². The van der Waals surface area contributed by atoms with Crippen LogP contribution in [-0.2, 0) is 0 Å². The van der Waals surface area contributed by atoms with E-state index in [0.717, 1.165) is 23.4 Å². The number of methoxy groups -OCH3 is 1. The van der Waals surface area contributed by atoms with Gasteiger partial charge in [-0.15, -0.1) is 0 Å². The maximum Gasteiger partial charge on any atom is 0.213 e. The third-order valence-electron chi connectivity index (χ3n) is 4.14. The number of aryl methyl sites for hydroxylation is 1. The van der Waals surface area contributed by atoms with Gasteiger partial charge in [0.1, 0.15) is 11.4 Å². The van der Waals surface area contributed by atoms with Crippen LogP contribution in [-0.4, -0.2) is 22.8 Å². The molecule has 2 N–H and O–H groups in total. The molecule has 132 valence electrons. The van der Waals surface area contributed by atoms with Crippen LogP contribution in [0.4, 0.5) is 5.69 Å². The second-order valence-electron chi connectivity index (χ2n) is 6.85. The van der Waals surface area contributed by atoms with Crippen molar-refractivity contribution >= 4 is 23.0 Å². The molecule has 2 aromatic rings. The van der Waals surface area contributed by atoms with Crippen molar-refractivity contribution in [2.24, 2.45) is 0 Å². The summed E-state index contributed by atoms with van der Waals surface area (Å²) < 4.78 is 11.2. The summed E-state index contributed by atoms with van der Waals surface area (Å²) in [6.07, 6.45) is 2.52. The highest BCUT2D eigenvalue weighted by molar-refractivity contribution is 7.80. The van der Waals surface area contributed by atoms with Crippen LogP contribution < -0.4 is 20.1 Å². The van der Waals surface area contributed by atoms with Gasteiger partial charge >= 0.3 is 0 Å². The molecule has 0 amide bonds. The van der Waals surface area contributed by atoms with E-state index in [4.69, 9.17) is 21.7 Å². The van der Waals surface area contributed by atoms with Crippen LogP contribution in [0.15, 0.2) is 36.5 Å². The number of benzene rings is 1. The van der Waals surface area contributed by atoms with Crippen molar-refractivity contribution in [1.82, 2.24) is 10.3 Å². The van der Waals surface area contributed by atoms with Crippen LogP contribution in [0.3, 0.4) is 0 Å². The highest BCUT2D eigenvalue weighted by Gasteiger charge is 2.34. The Hall–Kier alpha value is -2.34. The number of anilines is 1. The molecule has 0 bridgehead atoms. The van der Waals surface area contributed by atoms with Gasteiger partial charge in [-0.05, 0) is 50.7 Å². The summed E-state index contributed by atoms with van der Waals surface area (Å²) in [5.41, 5.74) is 2.87. The third-order valence-corrected chi connectivity index (χ3v) is 4.36. The number of rotatable bonds is 3. The predicted octanol–water partition coefficient (Wildman–Crippen LogP) is 3.99. The van der Waals surface area contributed by atoms with Gasteiger partial charge in [-0.3, -0.25) is 0 Å². The van der Waals surface area contributed by atoms with Crippen molar-refractivity contribution < 1.29 is 9.47 Å². The number of nitrogens with zero attached hydrogens (tertiary/aromatic N) is 1. The van der Waals surface area contributed by atoms with Crippen molar-refractivity contribution in [2.45, 2.75) is 38.8 Å². The molecule has 1 aliphatic heterocycles. The van der Waals surface area contributed by atoms with E-state index in [-0.39, 0.29) is 11.6 Å². The van der Waals surface area contributed by atoms with Gasteiger partial charge in [-0.25, -0.2) is 4.98 Å². The first-order valence-corrected chi connectivity index (χ1v) is 8.64. The number of pyridine rings is 1. The topological polar surface area (TPSA) is 55.4 Å². The van der Waals surface area contributed by atoms with Crippen LogP contribution >= 0.6 is 12.2 Å². The van der Waals surface area contributed by atoms with Crippen molar-refractivity contribution in [3.63, 3.8) is 0 Å². The van der Waals surface area contributed by atoms with Gasteiger partial charge < -0.3 is 20.1 Å². The molecule has 2 heterocycles. The van der Waals surface area contributed by atoms with E-state index in [9.17, 15) is 0 Å². The molecule has 0 saturated heterocycles. The van der Waals surface area contributed by atoms with Crippen molar-refractivity contribution in [1.29, 1.82) is 0 Å². The number of ether oxygens (including phenoxy) is 2. The van der Waals surface area contributed by atoms with E-state index in [0.29, 0.717) is 11.0 Å². The maximum atomic E-state index is 6.13. The fourth-order valence-corrected chi connectivity index (χ4v) is 3.25. The molecular formula is C19H23N3O2S. The number of hydrogen-bond donors (Lipinski definition) is 2. The molecular weight excluding hydrogens is 334 g/mol. The third kappa shape index (κ3) is 4.20. The lowest BCUT2D eigenvalue weighted by molar-refractivity contribution is 0.0696. The Morgan fingerprint density at radius 2 is 2.12 bits per heavy atom. The van der Waals surface area contributed by atoms with Gasteiger partial charge in [0.25, 0.3) is 0 Å². The molecule has 1 aromatic carbocycles. The average molecular weight is 357 g/mol. The van der Waals surface area contributed by atoms with Crippen LogP contribution in [0, 0.1) is 6.92 Å². The Balaban J connectivity index is 1.74. The summed E-state index contributed by atoms with van der Waals surface area (Å²) in [6, 6.07) is 10.0. The van der Waals surface area contributed by atoms with E-state index in [1.54, 1.807) is 19.4 Å². The molecule has 0 radical (unpaired) electrons. The standard InChI is InChI=1S/C19H23N3O2S/c1-12-5-7-14-15(10-19(2,3)24-16(14)9-12)22-18(25)21-13-6-8-17(23-4)20-11-13/h5-9,11,15H,10H2,1-4H3,(H2,21,22,25). The minimum absolute atomic E-state index is 0.0885. The normalized spacial score (nSPS) is 17.8. The Morgan fingerprint density at radius 3 is 2.80 bits per heavy atom. The molecule has 6 heteroatoms. The highest BCUT2D eigenvalue weighted by atomic mass is 32.1. The van der Waals surface area contributed by atoms with Gasteiger partial charge in [0.05, 0.1) is 25.0 Å². The average Bonchev–Trinajstić information content (AvgIpc) is 2.54. The van der Waals surface area contributed by atoms with E-state index < -0.39 is 0 Å². The zero-order valence-corrected chi connectivity index (χ0v) is 15.7. The van der Waals surface area contributed by atoms with E-state index >= 15 is 0 Å². The largest absolute Gasteiger partial charge is 0.487 e. The summed E-state index contributed by atoms with van der Waals surface area (Å²) in [4.78, 5) is 4.17. The van der Waals surface area contributed by atoms with Crippen molar-refractivity contribution in [3.05, 3.63) is 47.7 Å². The highest BCUT2D eigenvalue weighted by Crippen LogP contribution is 2.39. The second kappa shape index (κ2) is 6.88. The number of thiocarbonyl (C=S) groups is 1. The Labute approximate surface area is 153 Å². The molecule has 1 unspecified atom stereocenters. The first kappa shape index (κ1) is 17.5. The Morgan fingerprint density at radius 1 is 1.32 bits per heavy atom. The summed E-state index contributed by atoms with van der Waals surface area (Å²) in [5, 5.41) is 7.14. The Kier molecular flexibility index (Phi) is 4.81. The van der Waals surface area contributed by atoms with Crippen LogP contribution in [0.2, 0.25) is 0 Å². The molecule has 5 nitrogen and oxygen atoms in total. The fourth-order valence-electron chi connectivity index (χ4n) is 2.99. The molecule has 1 aromatic heterocycles. The van der Waals surface area contributed by atoms with Crippen molar-refractivity contribution in [3.8, 4) is 11.6 Å². The first-order valence-electron chi connectivity index (χ1n) is 8.23.